The van der Waals surface area contributed by atoms with E-state index in [0.29, 0.717) is 0 Å². The molecule has 0 radical (unpaired) electrons. The largest absolute Gasteiger partial charge is 0.469 e. The molecule has 23 heavy (non-hydrogen) atoms. The SMILES string of the molecule is COC(=O)CCN(C(=O)c1cccc([N+](=O)[O-])c1)C1CCCC1. The van der Waals surface area contributed by atoms with E-state index in [9.17, 15) is 19.7 Å². The quantitative estimate of drug-likeness (QED) is 0.456. The fraction of sp³-hybridized carbons (Fsp3) is 0.500. The van der Waals surface area contributed by atoms with Gasteiger partial charge in [-0.2, -0.15) is 0 Å². The van der Waals surface area contributed by atoms with Crippen molar-refractivity contribution >= 4 is 17.6 Å². The smallest absolute Gasteiger partial charge is 0.307 e. The van der Waals surface area contributed by atoms with Crippen LogP contribution in [0.5, 0.6) is 0 Å². The molecule has 0 spiro atoms. The van der Waals surface area contributed by atoms with Crippen molar-refractivity contribution < 1.29 is 19.2 Å². The fourth-order valence-electron chi connectivity index (χ4n) is 2.90. The summed E-state index contributed by atoms with van der Waals surface area (Å²) in [5.41, 5.74) is 0.158. The van der Waals surface area contributed by atoms with Crippen molar-refractivity contribution in [3.05, 3.63) is 39.9 Å². The summed E-state index contributed by atoms with van der Waals surface area (Å²) in [6, 6.07) is 5.77. The Kier molecular flexibility index (Phi) is 5.67. The Morgan fingerprint density at radius 1 is 1.35 bits per heavy atom. The van der Waals surface area contributed by atoms with Crippen molar-refractivity contribution in [3.8, 4) is 0 Å². The Labute approximate surface area is 134 Å². The van der Waals surface area contributed by atoms with E-state index in [2.05, 4.69) is 4.74 Å². The van der Waals surface area contributed by atoms with E-state index in [0.717, 1.165) is 25.7 Å². The molecule has 0 saturated heterocycles. The molecular formula is C16H20N2O5. The number of hydrogen-bond donors (Lipinski definition) is 0. The molecule has 7 nitrogen and oxygen atoms in total. The van der Waals surface area contributed by atoms with Gasteiger partial charge < -0.3 is 9.64 Å². The molecule has 124 valence electrons. The monoisotopic (exact) mass is 320 g/mol. The zero-order valence-corrected chi connectivity index (χ0v) is 13.1. The van der Waals surface area contributed by atoms with Crippen LogP contribution in [0, 0.1) is 10.1 Å². The minimum Gasteiger partial charge on any atom is -0.469 e. The summed E-state index contributed by atoms with van der Waals surface area (Å²) in [4.78, 5) is 36.2. The number of nitro groups is 1. The van der Waals surface area contributed by atoms with Gasteiger partial charge in [0.25, 0.3) is 11.6 Å². The second-order valence-corrected chi connectivity index (χ2v) is 5.57. The van der Waals surface area contributed by atoms with Crippen LogP contribution in [0.2, 0.25) is 0 Å². The first-order valence-electron chi connectivity index (χ1n) is 7.65. The highest BCUT2D eigenvalue weighted by Gasteiger charge is 2.28. The topological polar surface area (TPSA) is 89.8 Å². The number of non-ortho nitro benzene ring substituents is 1. The van der Waals surface area contributed by atoms with Gasteiger partial charge >= 0.3 is 5.97 Å². The van der Waals surface area contributed by atoms with Crippen molar-refractivity contribution in [2.45, 2.75) is 38.1 Å². The van der Waals surface area contributed by atoms with Gasteiger partial charge in [0.15, 0.2) is 0 Å². The molecular weight excluding hydrogens is 300 g/mol. The van der Waals surface area contributed by atoms with Gasteiger partial charge in [0.05, 0.1) is 18.5 Å². The number of benzene rings is 1. The second kappa shape index (κ2) is 7.71. The van der Waals surface area contributed by atoms with Crippen molar-refractivity contribution in [1.82, 2.24) is 4.90 Å². The first kappa shape index (κ1) is 16.9. The summed E-state index contributed by atoms with van der Waals surface area (Å²) in [5, 5.41) is 10.9. The van der Waals surface area contributed by atoms with Gasteiger partial charge in [0.1, 0.15) is 0 Å². The summed E-state index contributed by atoms with van der Waals surface area (Å²) >= 11 is 0. The van der Waals surface area contributed by atoms with Crippen molar-refractivity contribution in [2.24, 2.45) is 0 Å². The van der Waals surface area contributed by atoms with Crippen LogP contribution in [-0.2, 0) is 9.53 Å². The van der Waals surface area contributed by atoms with Crippen LogP contribution >= 0.6 is 0 Å². The zero-order valence-electron chi connectivity index (χ0n) is 13.1. The van der Waals surface area contributed by atoms with E-state index in [1.165, 1.54) is 25.3 Å². The van der Waals surface area contributed by atoms with E-state index in [4.69, 9.17) is 0 Å². The molecule has 7 heteroatoms. The number of rotatable bonds is 6. The molecule has 0 bridgehead atoms. The molecule has 2 rings (SSSR count). The zero-order chi connectivity index (χ0) is 16.8. The minimum absolute atomic E-state index is 0.0754. The third-order valence-electron chi connectivity index (χ3n) is 4.11. The maximum absolute atomic E-state index is 12.8. The van der Waals surface area contributed by atoms with Crippen LogP contribution in [-0.4, -0.2) is 41.4 Å². The lowest BCUT2D eigenvalue weighted by atomic mass is 10.1. The molecule has 1 aliphatic carbocycles. The molecule has 1 aromatic rings. The molecule has 1 aromatic carbocycles. The number of esters is 1. The van der Waals surface area contributed by atoms with E-state index in [1.54, 1.807) is 11.0 Å². The van der Waals surface area contributed by atoms with Crippen LogP contribution in [0.3, 0.4) is 0 Å². The molecule has 1 fully saturated rings. The van der Waals surface area contributed by atoms with Crippen molar-refractivity contribution in [3.63, 3.8) is 0 Å². The highest BCUT2D eigenvalue weighted by atomic mass is 16.6. The number of nitrogens with zero attached hydrogens (tertiary/aromatic N) is 2. The lowest BCUT2D eigenvalue weighted by Crippen LogP contribution is -2.40. The van der Waals surface area contributed by atoms with E-state index in [1.807, 2.05) is 0 Å². The van der Waals surface area contributed by atoms with Crippen LogP contribution < -0.4 is 0 Å². The number of carbonyl (C=O) groups excluding carboxylic acids is 2. The molecule has 0 heterocycles. The van der Waals surface area contributed by atoms with E-state index in [-0.39, 0.29) is 42.1 Å². The first-order chi connectivity index (χ1) is 11.0. The highest BCUT2D eigenvalue weighted by Crippen LogP contribution is 2.26. The third kappa shape index (κ3) is 4.28. The Morgan fingerprint density at radius 2 is 2.04 bits per heavy atom. The number of methoxy groups -OCH3 is 1. The first-order valence-corrected chi connectivity index (χ1v) is 7.65. The number of carbonyl (C=O) groups is 2. The van der Waals surface area contributed by atoms with E-state index >= 15 is 0 Å². The van der Waals surface area contributed by atoms with Gasteiger partial charge in [-0.3, -0.25) is 19.7 Å². The van der Waals surface area contributed by atoms with Gasteiger partial charge in [-0.15, -0.1) is 0 Å². The molecule has 0 N–H and O–H groups in total. The van der Waals surface area contributed by atoms with Crippen LogP contribution in [0.1, 0.15) is 42.5 Å². The summed E-state index contributed by atoms with van der Waals surface area (Å²) in [6.45, 7) is 0.263. The van der Waals surface area contributed by atoms with Gasteiger partial charge in [0.2, 0.25) is 0 Å². The standard InChI is InChI=1S/C16H20N2O5/c1-23-15(19)9-10-17(13-6-2-3-7-13)16(20)12-5-4-8-14(11-12)18(21)22/h4-5,8,11,13H,2-3,6-7,9-10H2,1H3. The Bertz CT molecular complexity index is 596. The fourth-order valence-corrected chi connectivity index (χ4v) is 2.90. The third-order valence-corrected chi connectivity index (χ3v) is 4.11. The minimum atomic E-state index is -0.523. The maximum Gasteiger partial charge on any atom is 0.307 e. The second-order valence-electron chi connectivity index (χ2n) is 5.57. The summed E-state index contributed by atoms with van der Waals surface area (Å²) in [5.74, 6) is -0.649. The van der Waals surface area contributed by atoms with E-state index < -0.39 is 4.92 Å². The van der Waals surface area contributed by atoms with Gasteiger partial charge in [0, 0.05) is 30.3 Å². The predicted octanol–water partition coefficient (Wildman–Crippen LogP) is 2.54. The van der Waals surface area contributed by atoms with Gasteiger partial charge in [-0.25, -0.2) is 0 Å². The normalized spacial score (nSPS) is 14.5. The number of ether oxygens (including phenoxy) is 1. The molecule has 1 saturated carbocycles. The lowest BCUT2D eigenvalue weighted by Gasteiger charge is -2.28. The maximum atomic E-state index is 12.8. The van der Waals surface area contributed by atoms with Crippen LogP contribution in [0.4, 0.5) is 5.69 Å². The number of hydrogen-bond acceptors (Lipinski definition) is 5. The highest BCUT2D eigenvalue weighted by molar-refractivity contribution is 5.95. The molecule has 0 atom stereocenters. The summed E-state index contributed by atoms with van der Waals surface area (Å²) < 4.78 is 4.63. The van der Waals surface area contributed by atoms with Gasteiger partial charge in [-0.1, -0.05) is 18.9 Å². The lowest BCUT2D eigenvalue weighted by molar-refractivity contribution is -0.384. The molecule has 0 unspecified atom stereocenters. The predicted molar refractivity (Wildman–Crippen MR) is 83.0 cm³/mol. The molecule has 1 amide bonds. The molecule has 0 aromatic heterocycles. The van der Waals surface area contributed by atoms with Crippen LogP contribution in [0.25, 0.3) is 0 Å². The average molecular weight is 320 g/mol. The number of amides is 1. The molecule has 0 aliphatic heterocycles. The Balaban J connectivity index is 2.19. The van der Waals surface area contributed by atoms with Gasteiger partial charge in [-0.05, 0) is 18.9 Å². The summed E-state index contributed by atoms with van der Waals surface area (Å²) in [6.07, 6.45) is 3.99. The number of nitro benzene ring substituents is 1. The van der Waals surface area contributed by atoms with Crippen molar-refractivity contribution in [2.75, 3.05) is 13.7 Å². The van der Waals surface area contributed by atoms with Crippen molar-refractivity contribution in [1.29, 1.82) is 0 Å². The summed E-state index contributed by atoms with van der Waals surface area (Å²) in [7, 11) is 1.31. The molecule has 1 aliphatic rings. The average Bonchev–Trinajstić information content (AvgIpc) is 3.08. The Hall–Kier alpha value is -2.44. The Morgan fingerprint density at radius 3 is 2.65 bits per heavy atom. The van der Waals surface area contributed by atoms with Crippen LogP contribution in [0.15, 0.2) is 24.3 Å².